The molecule has 0 aromatic rings. The Labute approximate surface area is 148 Å². The molecular formula is C20H34O3Si. The molecule has 0 unspecified atom stereocenters. The van der Waals surface area contributed by atoms with Crippen LogP contribution in [0.5, 0.6) is 0 Å². The molecule has 0 N–H and O–H groups in total. The summed E-state index contributed by atoms with van der Waals surface area (Å²) in [6, 6.07) is 0. The second-order valence-electron chi connectivity index (χ2n) is 9.71. The van der Waals surface area contributed by atoms with Crippen LogP contribution in [0.2, 0.25) is 18.1 Å². The van der Waals surface area contributed by atoms with E-state index < -0.39 is 13.7 Å². The number of carbonyl (C=O) groups excluding carboxylic acids is 1. The lowest BCUT2D eigenvalue weighted by atomic mass is 9.58. The maximum absolute atomic E-state index is 13.5. The van der Waals surface area contributed by atoms with Gasteiger partial charge in [0.05, 0.1) is 29.1 Å². The van der Waals surface area contributed by atoms with Crippen LogP contribution in [0.4, 0.5) is 0 Å². The van der Waals surface area contributed by atoms with Crippen LogP contribution in [0.25, 0.3) is 0 Å². The molecule has 3 rings (SSSR count). The standard InChI is InChI=1S/C20H34O3Si/c1-8-15(23-24(6,7)18(2,3)4)20-12-9-10-14(17(20)21)19(5)13-11-16(20)22-19/h11,13-16H,8-10,12H2,1-7H3/t14-,15+,16-,19+,20+/m1/s1. The summed E-state index contributed by atoms with van der Waals surface area (Å²) in [5.74, 6) is 0.404. The lowest BCUT2D eigenvalue weighted by Gasteiger charge is -2.56. The van der Waals surface area contributed by atoms with Crippen LogP contribution in [0, 0.1) is 11.3 Å². The monoisotopic (exact) mass is 350 g/mol. The zero-order valence-corrected chi connectivity index (χ0v) is 17.4. The molecular weight excluding hydrogens is 316 g/mol. The van der Waals surface area contributed by atoms with Crippen molar-refractivity contribution in [2.45, 2.75) is 96.2 Å². The van der Waals surface area contributed by atoms with Gasteiger partial charge in [0.1, 0.15) is 0 Å². The molecule has 3 aliphatic rings. The van der Waals surface area contributed by atoms with E-state index in [4.69, 9.17) is 9.16 Å². The third-order valence-corrected chi connectivity index (χ3v) is 11.7. The Balaban J connectivity index is 1.99. The predicted octanol–water partition coefficient (Wildman–Crippen LogP) is 4.87. The van der Waals surface area contributed by atoms with E-state index in [1.54, 1.807) is 0 Å². The van der Waals surface area contributed by atoms with Crippen LogP contribution in [-0.4, -0.2) is 31.9 Å². The number of ether oxygens (including phenoxy) is 1. The van der Waals surface area contributed by atoms with Crippen molar-refractivity contribution in [2.24, 2.45) is 11.3 Å². The van der Waals surface area contributed by atoms with Crippen LogP contribution in [0.15, 0.2) is 12.2 Å². The van der Waals surface area contributed by atoms with Gasteiger partial charge in [0, 0.05) is 0 Å². The van der Waals surface area contributed by atoms with Gasteiger partial charge in [-0.05, 0) is 44.3 Å². The first kappa shape index (κ1) is 18.3. The molecule has 1 aliphatic carbocycles. The van der Waals surface area contributed by atoms with Crippen molar-refractivity contribution >= 4 is 14.1 Å². The van der Waals surface area contributed by atoms with Crippen molar-refractivity contribution in [3.63, 3.8) is 0 Å². The minimum atomic E-state index is -1.94. The molecule has 136 valence electrons. The number of fused-ring (bicyclic) bond motifs is 6. The van der Waals surface area contributed by atoms with Gasteiger partial charge >= 0.3 is 0 Å². The van der Waals surface area contributed by atoms with E-state index in [1.165, 1.54) is 0 Å². The zero-order chi connectivity index (χ0) is 18.0. The second-order valence-corrected chi connectivity index (χ2v) is 14.5. The Morgan fingerprint density at radius 1 is 1.42 bits per heavy atom. The first-order valence-corrected chi connectivity index (χ1v) is 12.5. The molecule has 0 spiro atoms. The molecule has 2 fully saturated rings. The summed E-state index contributed by atoms with van der Waals surface area (Å²) in [4.78, 5) is 13.5. The summed E-state index contributed by atoms with van der Waals surface area (Å²) < 4.78 is 13.2. The van der Waals surface area contributed by atoms with Crippen LogP contribution in [0.1, 0.15) is 60.3 Å². The Hall–Kier alpha value is -0.453. The number of hydrogen-bond donors (Lipinski definition) is 0. The van der Waals surface area contributed by atoms with Gasteiger partial charge in [0.15, 0.2) is 14.1 Å². The fourth-order valence-corrected chi connectivity index (χ4v) is 6.14. The van der Waals surface area contributed by atoms with Crippen LogP contribution in [0.3, 0.4) is 0 Å². The van der Waals surface area contributed by atoms with Gasteiger partial charge < -0.3 is 9.16 Å². The average Bonchev–Trinajstić information content (AvgIpc) is 2.85. The Kier molecular flexibility index (Phi) is 4.22. The van der Waals surface area contributed by atoms with Gasteiger partial charge in [-0.3, -0.25) is 4.79 Å². The smallest absolute Gasteiger partial charge is 0.192 e. The lowest BCUT2D eigenvalue weighted by molar-refractivity contribution is -0.202. The molecule has 1 saturated carbocycles. The fourth-order valence-electron chi connectivity index (χ4n) is 4.70. The summed E-state index contributed by atoms with van der Waals surface area (Å²) in [7, 11) is -1.94. The van der Waals surface area contributed by atoms with Crippen LogP contribution in [-0.2, 0) is 14.0 Å². The summed E-state index contributed by atoms with van der Waals surface area (Å²) in [6.45, 7) is 15.6. The molecule has 0 aromatic heterocycles. The van der Waals surface area contributed by atoms with Crippen molar-refractivity contribution in [2.75, 3.05) is 0 Å². The summed E-state index contributed by atoms with van der Waals surface area (Å²) >= 11 is 0. The van der Waals surface area contributed by atoms with Crippen molar-refractivity contribution in [3.05, 3.63) is 12.2 Å². The Bertz CT molecular complexity index is 562. The predicted molar refractivity (Wildman–Crippen MR) is 99.6 cm³/mol. The highest BCUT2D eigenvalue weighted by atomic mass is 28.4. The quantitative estimate of drug-likeness (QED) is 0.536. The van der Waals surface area contributed by atoms with E-state index in [2.05, 4.69) is 59.9 Å². The van der Waals surface area contributed by atoms with Crippen molar-refractivity contribution < 1.29 is 14.0 Å². The SMILES string of the molecule is CC[C@H](O[Si](C)(C)C(C)(C)C)[C@]12CCC[C@H](C1=O)[C@]1(C)C=C[C@H]2O1. The van der Waals surface area contributed by atoms with E-state index in [0.717, 1.165) is 25.7 Å². The molecule has 2 heterocycles. The normalized spacial score (nSPS) is 40.0. The third kappa shape index (κ3) is 2.40. The van der Waals surface area contributed by atoms with Gasteiger partial charge in [0.2, 0.25) is 0 Å². The molecule has 4 bridgehead atoms. The Morgan fingerprint density at radius 3 is 2.67 bits per heavy atom. The Morgan fingerprint density at radius 2 is 2.08 bits per heavy atom. The van der Waals surface area contributed by atoms with Gasteiger partial charge in [-0.15, -0.1) is 0 Å². The van der Waals surface area contributed by atoms with Gasteiger partial charge in [-0.25, -0.2) is 0 Å². The summed E-state index contributed by atoms with van der Waals surface area (Å²) in [6.07, 6.45) is 7.98. The fraction of sp³-hybridized carbons (Fsp3) is 0.850. The number of Topliss-reactive ketones (excluding diaryl/α,β-unsaturated/α-hetero) is 1. The number of hydrogen-bond acceptors (Lipinski definition) is 3. The number of carbonyl (C=O) groups is 1. The molecule has 0 aromatic carbocycles. The maximum Gasteiger partial charge on any atom is 0.192 e. The first-order valence-electron chi connectivity index (χ1n) is 9.57. The van der Waals surface area contributed by atoms with Crippen molar-refractivity contribution in [1.82, 2.24) is 0 Å². The molecule has 5 atom stereocenters. The minimum absolute atomic E-state index is 0.00156. The molecule has 3 nitrogen and oxygen atoms in total. The number of rotatable bonds is 4. The summed E-state index contributed by atoms with van der Waals surface area (Å²) in [5, 5.41) is 0.143. The van der Waals surface area contributed by atoms with Gasteiger partial charge in [-0.2, -0.15) is 0 Å². The number of ketones is 1. The second kappa shape index (κ2) is 5.52. The van der Waals surface area contributed by atoms with E-state index >= 15 is 0 Å². The van der Waals surface area contributed by atoms with Crippen molar-refractivity contribution in [1.29, 1.82) is 0 Å². The van der Waals surface area contributed by atoms with E-state index in [0.29, 0.717) is 5.78 Å². The average molecular weight is 351 g/mol. The molecule has 2 aliphatic heterocycles. The third-order valence-electron chi connectivity index (χ3n) is 7.23. The minimum Gasteiger partial charge on any atom is -0.413 e. The molecule has 24 heavy (non-hydrogen) atoms. The molecule has 0 amide bonds. The largest absolute Gasteiger partial charge is 0.413 e. The molecule has 4 heteroatoms. The van der Waals surface area contributed by atoms with Crippen molar-refractivity contribution in [3.8, 4) is 0 Å². The lowest BCUT2D eigenvalue weighted by Crippen LogP contribution is -2.65. The maximum atomic E-state index is 13.5. The highest BCUT2D eigenvalue weighted by Gasteiger charge is 2.65. The van der Waals surface area contributed by atoms with Crippen LogP contribution >= 0.6 is 0 Å². The topological polar surface area (TPSA) is 35.5 Å². The molecule has 0 radical (unpaired) electrons. The molecule has 1 saturated heterocycles. The summed E-state index contributed by atoms with van der Waals surface area (Å²) in [5.41, 5.74) is -0.860. The van der Waals surface area contributed by atoms with E-state index in [1.807, 2.05) is 0 Å². The van der Waals surface area contributed by atoms with Crippen LogP contribution < -0.4 is 0 Å². The van der Waals surface area contributed by atoms with E-state index in [9.17, 15) is 4.79 Å². The highest BCUT2D eigenvalue weighted by Crippen LogP contribution is 2.57. The highest BCUT2D eigenvalue weighted by molar-refractivity contribution is 6.74. The van der Waals surface area contributed by atoms with Gasteiger partial charge in [-0.1, -0.05) is 46.3 Å². The van der Waals surface area contributed by atoms with Gasteiger partial charge in [0.25, 0.3) is 0 Å². The zero-order valence-electron chi connectivity index (χ0n) is 16.4. The first-order chi connectivity index (χ1) is 11.0. The van der Waals surface area contributed by atoms with E-state index in [-0.39, 0.29) is 28.8 Å².